The van der Waals surface area contributed by atoms with Gasteiger partial charge in [0.2, 0.25) is 0 Å². The minimum Gasteiger partial charge on any atom is -0.463 e. The lowest BCUT2D eigenvalue weighted by atomic mass is 9.93. The van der Waals surface area contributed by atoms with Gasteiger partial charge in [-0.25, -0.2) is 9.59 Å². The monoisotopic (exact) mass is 330 g/mol. The van der Waals surface area contributed by atoms with Crippen LogP contribution in [0.4, 0.5) is 0 Å². The van der Waals surface area contributed by atoms with Gasteiger partial charge in [-0.15, -0.1) is 0 Å². The van der Waals surface area contributed by atoms with Gasteiger partial charge in [-0.1, -0.05) is 6.07 Å². The summed E-state index contributed by atoms with van der Waals surface area (Å²) in [5.74, 6) is -0.947. The summed E-state index contributed by atoms with van der Waals surface area (Å²) < 4.78 is 9.96. The second-order valence-electron chi connectivity index (χ2n) is 5.58. The van der Waals surface area contributed by atoms with Crippen molar-refractivity contribution in [3.8, 4) is 0 Å². The van der Waals surface area contributed by atoms with E-state index in [0.29, 0.717) is 5.57 Å². The topological polar surface area (TPSA) is 52.6 Å². The van der Waals surface area contributed by atoms with Crippen LogP contribution in [0, 0.1) is 27.7 Å². The molecule has 4 heteroatoms. The van der Waals surface area contributed by atoms with Crippen LogP contribution < -0.4 is 0 Å². The summed E-state index contributed by atoms with van der Waals surface area (Å²) in [6.07, 6.45) is 4.48. The van der Waals surface area contributed by atoms with Crippen LogP contribution in [0.15, 0.2) is 23.8 Å². The number of hydrogen-bond donors (Lipinski definition) is 0. The second kappa shape index (κ2) is 9.06. The van der Waals surface area contributed by atoms with Crippen LogP contribution in [0.25, 0.3) is 6.08 Å². The molecule has 0 aliphatic heterocycles. The van der Waals surface area contributed by atoms with E-state index in [2.05, 4.69) is 6.07 Å². The molecule has 0 heterocycles. The fraction of sp³-hybridized carbons (Fsp3) is 0.400. The van der Waals surface area contributed by atoms with Gasteiger partial charge >= 0.3 is 11.9 Å². The quantitative estimate of drug-likeness (QED) is 0.450. The zero-order valence-corrected chi connectivity index (χ0v) is 15.4. The normalized spacial score (nSPS) is 11.7. The predicted molar refractivity (Wildman–Crippen MR) is 95.8 cm³/mol. The van der Waals surface area contributed by atoms with E-state index in [1.54, 1.807) is 19.9 Å². The van der Waals surface area contributed by atoms with E-state index in [-0.39, 0.29) is 13.2 Å². The Morgan fingerprint density at radius 3 is 1.96 bits per heavy atom. The maximum atomic E-state index is 12.2. The minimum absolute atomic E-state index is 0.272. The van der Waals surface area contributed by atoms with Crippen LogP contribution in [-0.4, -0.2) is 25.2 Å². The van der Waals surface area contributed by atoms with E-state index in [1.807, 2.05) is 27.7 Å². The lowest BCUT2D eigenvalue weighted by molar-refractivity contribution is -0.138. The molecule has 0 N–H and O–H groups in total. The first-order valence-corrected chi connectivity index (χ1v) is 8.12. The molecule has 0 saturated heterocycles. The number of carbonyl (C=O) groups is 2. The van der Waals surface area contributed by atoms with Crippen molar-refractivity contribution >= 4 is 18.0 Å². The third kappa shape index (κ3) is 5.08. The summed E-state index contributed by atoms with van der Waals surface area (Å²) in [4.78, 5) is 23.8. The molecule has 0 amide bonds. The molecule has 130 valence electrons. The van der Waals surface area contributed by atoms with Crippen molar-refractivity contribution < 1.29 is 19.1 Å². The van der Waals surface area contributed by atoms with Crippen molar-refractivity contribution in [1.82, 2.24) is 0 Å². The smallest absolute Gasteiger partial charge is 0.338 e. The highest BCUT2D eigenvalue weighted by Crippen LogP contribution is 2.24. The third-order valence-corrected chi connectivity index (χ3v) is 3.92. The highest BCUT2D eigenvalue weighted by Gasteiger charge is 2.12. The van der Waals surface area contributed by atoms with Crippen LogP contribution in [0.1, 0.15) is 41.7 Å². The van der Waals surface area contributed by atoms with Gasteiger partial charge in [-0.05, 0) is 81.5 Å². The average Bonchev–Trinajstić information content (AvgIpc) is 2.53. The predicted octanol–water partition coefficient (Wildman–Crippen LogP) is 3.99. The summed E-state index contributed by atoms with van der Waals surface area (Å²) in [7, 11) is 0. The summed E-state index contributed by atoms with van der Waals surface area (Å²) in [6.45, 7) is 12.2. The lowest BCUT2D eigenvalue weighted by Gasteiger charge is -2.13. The maximum absolute atomic E-state index is 12.2. The Labute approximate surface area is 144 Å². The molecule has 1 aromatic rings. The van der Waals surface area contributed by atoms with Crippen molar-refractivity contribution in [2.24, 2.45) is 0 Å². The van der Waals surface area contributed by atoms with Gasteiger partial charge in [-0.2, -0.15) is 0 Å². The molecule has 0 spiro atoms. The molecule has 0 aliphatic rings. The molecule has 0 unspecified atom stereocenters. The van der Waals surface area contributed by atoms with E-state index >= 15 is 0 Å². The molecule has 4 nitrogen and oxygen atoms in total. The molecule has 1 aromatic carbocycles. The van der Waals surface area contributed by atoms with E-state index in [0.717, 1.165) is 27.8 Å². The number of rotatable bonds is 6. The number of esters is 2. The van der Waals surface area contributed by atoms with Crippen molar-refractivity contribution in [2.75, 3.05) is 13.2 Å². The van der Waals surface area contributed by atoms with Gasteiger partial charge < -0.3 is 9.47 Å². The summed E-state index contributed by atoms with van der Waals surface area (Å²) in [6, 6.07) is 2.13. The van der Waals surface area contributed by atoms with E-state index in [4.69, 9.17) is 9.47 Å². The van der Waals surface area contributed by atoms with Crippen molar-refractivity contribution in [3.05, 3.63) is 51.6 Å². The molecule has 0 radical (unpaired) electrons. The molecule has 0 bridgehead atoms. The maximum Gasteiger partial charge on any atom is 0.338 e. The van der Waals surface area contributed by atoms with E-state index in [1.165, 1.54) is 12.2 Å². The standard InChI is InChI=1S/C20H26O4/c1-7-23-19(21)10-9-17(20(22)24-8-2)12-18-15(5)13(3)11-14(4)16(18)6/h9-12H,7-8H2,1-6H3/b10-9+,17-12+. The van der Waals surface area contributed by atoms with Gasteiger partial charge in [0, 0.05) is 6.08 Å². The fourth-order valence-electron chi connectivity index (χ4n) is 2.36. The number of carbonyl (C=O) groups excluding carboxylic acids is 2. The zero-order valence-electron chi connectivity index (χ0n) is 15.4. The summed E-state index contributed by atoms with van der Waals surface area (Å²) in [5, 5.41) is 0. The number of benzene rings is 1. The second-order valence-corrected chi connectivity index (χ2v) is 5.58. The Kier molecular flexibility index (Phi) is 7.43. The Morgan fingerprint density at radius 2 is 1.46 bits per heavy atom. The van der Waals surface area contributed by atoms with Gasteiger partial charge in [-0.3, -0.25) is 0 Å². The average molecular weight is 330 g/mol. The fourth-order valence-corrected chi connectivity index (χ4v) is 2.36. The van der Waals surface area contributed by atoms with E-state index in [9.17, 15) is 9.59 Å². The van der Waals surface area contributed by atoms with Gasteiger partial charge in [0.25, 0.3) is 0 Å². The zero-order chi connectivity index (χ0) is 18.3. The number of hydrogen-bond acceptors (Lipinski definition) is 4. The first-order chi connectivity index (χ1) is 11.3. The molecular weight excluding hydrogens is 304 g/mol. The van der Waals surface area contributed by atoms with Crippen LogP contribution >= 0.6 is 0 Å². The molecule has 0 saturated carbocycles. The van der Waals surface area contributed by atoms with Gasteiger partial charge in [0.15, 0.2) is 0 Å². The van der Waals surface area contributed by atoms with Crippen molar-refractivity contribution in [2.45, 2.75) is 41.5 Å². The molecule has 0 aromatic heterocycles. The molecule has 0 atom stereocenters. The Hall–Kier alpha value is -2.36. The van der Waals surface area contributed by atoms with Crippen molar-refractivity contribution in [1.29, 1.82) is 0 Å². The molecule has 0 aliphatic carbocycles. The van der Waals surface area contributed by atoms with Gasteiger partial charge in [0.05, 0.1) is 18.8 Å². The van der Waals surface area contributed by atoms with Crippen LogP contribution in [0.5, 0.6) is 0 Å². The highest BCUT2D eigenvalue weighted by molar-refractivity contribution is 5.99. The SMILES string of the molecule is CCOC(=O)/C=C/C(=C\c1c(C)c(C)cc(C)c1C)C(=O)OCC. The highest BCUT2D eigenvalue weighted by atomic mass is 16.5. The van der Waals surface area contributed by atoms with Crippen molar-refractivity contribution in [3.63, 3.8) is 0 Å². The third-order valence-electron chi connectivity index (χ3n) is 3.92. The number of ether oxygens (including phenoxy) is 2. The Balaban J connectivity index is 3.37. The van der Waals surface area contributed by atoms with Crippen LogP contribution in [0.2, 0.25) is 0 Å². The largest absolute Gasteiger partial charge is 0.463 e. The minimum atomic E-state index is -0.485. The summed E-state index contributed by atoms with van der Waals surface area (Å²) in [5.41, 5.74) is 5.81. The van der Waals surface area contributed by atoms with Crippen LogP contribution in [0.3, 0.4) is 0 Å². The molecule has 24 heavy (non-hydrogen) atoms. The number of aryl methyl sites for hydroxylation is 2. The Morgan fingerprint density at radius 1 is 0.917 bits per heavy atom. The molecular formula is C20H26O4. The van der Waals surface area contributed by atoms with E-state index < -0.39 is 11.9 Å². The Bertz CT molecular complexity index is 655. The van der Waals surface area contributed by atoms with Gasteiger partial charge in [0.1, 0.15) is 0 Å². The first kappa shape index (κ1) is 19.7. The first-order valence-electron chi connectivity index (χ1n) is 8.12. The summed E-state index contributed by atoms with van der Waals surface area (Å²) >= 11 is 0. The lowest BCUT2D eigenvalue weighted by Crippen LogP contribution is -2.08. The molecule has 0 fully saturated rings. The van der Waals surface area contributed by atoms with Crippen LogP contribution in [-0.2, 0) is 19.1 Å². The molecule has 1 rings (SSSR count).